The zero-order valence-electron chi connectivity index (χ0n) is 10.6. The number of hydrogen-bond donors (Lipinski definition) is 1. The summed E-state index contributed by atoms with van der Waals surface area (Å²) in [7, 11) is 0. The minimum absolute atomic E-state index is 0.109. The average Bonchev–Trinajstić information content (AvgIpc) is 2.40. The van der Waals surface area contributed by atoms with Gasteiger partial charge < -0.3 is 10.3 Å². The van der Waals surface area contributed by atoms with Crippen LogP contribution in [0.2, 0.25) is 0 Å². The van der Waals surface area contributed by atoms with E-state index in [1.54, 1.807) is 12.2 Å². The fraction of sp³-hybridized carbons (Fsp3) is 0.286. The van der Waals surface area contributed by atoms with Crippen molar-refractivity contribution in [3.63, 3.8) is 0 Å². The smallest absolute Gasteiger partial charge is 0.165 e. The number of quaternary nitrogens is 1. The van der Waals surface area contributed by atoms with Crippen LogP contribution in [0.5, 0.6) is 0 Å². The summed E-state index contributed by atoms with van der Waals surface area (Å²) in [5, 5.41) is 15.3. The highest BCUT2D eigenvalue weighted by atomic mass is 16.5. The molecule has 0 amide bonds. The normalized spacial score (nSPS) is 16.8. The summed E-state index contributed by atoms with van der Waals surface area (Å²) in [4.78, 5) is 10.7. The van der Waals surface area contributed by atoms with Crippen molar-refractivity contribution in [3.8, 4) is 0 Å². The number of hydroxylamine groups is 1. The standard InChI is InChI=1S/C14H16N2O2/c1-10-7-8-11(2)14(9-10)16(18)13-6-4-3-5-12(13)15-17/h5-9,16H,3-4H2,1-2H3. The van der Waals surface area contributed by atoms with Crippen LogP contribution in [0.15, 0.2) is 46.9 Å². The molecule has 18 heavy (non-hydrogen) atoms. The lowest BCUT2D eigenvalue weighted by atomic mass is 10.1. The number of nitrogens with one attached hydrogen (secondary N) is 1. The van der Waals surface area contributed by atoms with Crippen LogP contribution in [0.4, 0.5) is 5.69 Å². The molecule has 0 bridgehead atoms. The number of nitrogens with zero attached hydrogens (tertiary/aromatic N) is 1. The van der Waals surface area contributed by atoms with Crippen LogP contribution in [0.25, 0.3) is 0 Å². The van der Waals surface area contributed by atoms with Crippen LogP contribution in [0.3, 0.4) is 0 Å². The summed E-state index contributed by atoms with van der Waals surface area (Å²) in [5.41, 5.74) is 3.31. The van der Waals surface area contributed by atoms with E-state index in [4.69, 9.17) is 0 Å². The molecule has 2 rings (SSSR count). The van der Waals surface area contributed by atoms with Crippen molar-refractivity contribution >= 4 is 5.69 Å². The van der Waals surface area contributed by atoms with Crippen molar-refractivity contribution in [1.29, 1.82) is 0 Å². The van der Waals surface area contributed by atoms with Gasteiger partial charge in [0.05, 0.1) is 0 Å². The molecule has 94 valence electrons. The predicted molar refractivity (Wildman–Crippen MR) is 71.1 cm³/mol. The lowest BCUT2D eigenvalue weighted by Gasteiger charge is -2.26. The Morgan fingerprint density at radius 3 is 2.67 bits per heavy atom. The SMILES string of the molecule is Cc1ccc(C)c([NH+]([O-])C2=CCCC=C2N=O)c1. The molecule has 0 saturated carbocycles. The van der Waals surface area contributed by atoms with Gasteiger partial charge in [0, 0.05) is 11.6 Å². The summed E-state index contributed by atoms with van der Waals surface area (Å²) in [6.45, 7) is 3.84. The van der Waals surface area contributed by atoms with Crippen molar-refractivity contribution in [1.82, 2.24) is 0 Å². The van der Waals surface area contributed by atoms with E-state index in [9.17, 15) is 10.1 Å². The van der Waals surface area contributed by atoms with Crippen molar-refractivity contribution in [2.45, 2.75) is 26.7 Å². The third kappa shape index (κ3) is 2.39. The third-order valence-electron chi connectivity index (χ3n) is 3.11. The highest BCUT2D eigenvalue weighted by molar-refractivity contribution is 5.44. The molecule has 0 radical (unpaired) electrons. The van der Waals surface area contributed by atoms with Crippen LogP contribution in [-0.2, 0) is 0 Å². The third-order valence-corrected chi connectivity index (χ3v) is 3.11. The Labute approximate surface area is 106 Å². The summed E-state index contributed by atoms with van der Waals surface area (Å²) < 4.78 is 0. The van der Waals surface area contributed by atoms with E-state index >= 15 is 0 Å². The Balaban J connectivity index is 2.39. The second-order valence-electron chi connectivity index (χ2n) is 4.52. The van der Waals surface area contributed by atoms with E-state index in [0.717, 1.165) is 24.0 Å². The van der Waals surface area contributed by atoms with Gasteiger partial charge in [-0.15, -0.1) is 4.91 Å². The lowest BCUT2D eigenvalue weighted by Crippen LogP contribution is -3.00. The van der Waals surface area contributed by atoms with Crippen LogP contribution in [-0.4, -0.2) is 0 Å². The summed E-state index contributed by atoms with van der Waals surface area (Å²) in [5.74, 6) is 0. The molecule has 1 aromatic carbocycles. The maximum absolute atomic E-state index is 12.4. The summed E-state index contributed by atoms with van der Waals surface area (Å²) in [6, 6.07) is 5.75. The van der Waals surface area contributed by atoms with Crippen LogP contribution < -0.4 is 5.06 Å². The van der Waals surface area contributed by atoms with Crippen LogP contribution in [0.1, 0.15) is 24.0 Å². The van der Waals surface area contributed by atoms with Gasteiger partial charge in [-0.1, -0.05) is 12.1 Å². The van der Waals surface area contributed by atoms with E-state index in [1.165, 1.54) is 0 Å². The fourth-order valence-electron chi connectivity index (χ4n) is 2.08. The molecule has 1 aliphatic carbocycles. The second-order valence-corrected chi connectivity index (χ2v) is 4.52. The first-order chi connectivity index (χ1) is 8.63. The first-order valence-corrected chi connectivity index (χ1v) is 5.99. The first kappa shape index (κ1) is 12.7. The average molecular weight is 244 g/mol. The summed E-state index contributed by atoms with van der Waals surface area (Å²) >= 11 is 0. The Hall–Kier alpha value is -1.78. The molecule has 0 aliphatic heterocycles. The monoisotopic (exact) mass is 244 g/mol. The largest absolute Gasteiger partial charge is 0.623 e. The maximum Gasteiger partial charge on any atom is 0.165 e. The van der Waals surface area contributed by atoms with Gasteiger partial charge in [-0.3, -0.25) is 0 Å². The van der Waals surface area contributed by atoms with E-state index in [1.807, 2.05) is 32.0 Å². The molecule has 1 aliphatic rings. The quantitative estimate of drug-likeness (QED) is 0.656. The highest BCUT2D eigenvalue weighted by Crippen LogP contribution is 2.19. The van der Waals surface area contributed by atoms with Gasteiger partial charge in [-0.05, 0) is 49.6 Å². The summed E-state index contributed by atoms with van der Waals surface area (Å²) in [6.07, 6.45) is 5.09. The van der Waals surface area contributed by atoms with Gasteiger partial charge in [-0.25, -0.2) is 0 Å². The van der Waals surface area contributed by atoms with Crippen molar-refractivity contribution in [2.75, 3.05) is 0 Å². The van der Waals surface area contributed by atoms with Crippen molar-refractivity contribution in [2.24, 2.45) is 5.18 Å². The topological polar surface area (TPSA) is 56.9 Å². The Bertz CT molecular complexity index is 533. The van der Waals surface area contributed by atoms with Crippen molar-refractivity contribution < 1.29 is 5.06 Å². The van der Waals surface area contributed by atoms with Gasteiger partial charge in [0.25, 0.3) is 0 Å². The molecule has 0 spiro atoms. The molecule has 0 heterocycles. The number of allylic oxidation sites excluding steroid dienone is 2. The lowest BCUT2D eigenvalue weighted by molar-refractivity contribution is -0.728. The zero-order chi connectivity index (χ0) is 13.1. The molecule has 1 N–H and O–H groups in total. The zero-order valence-corrected chi connectivity index (χ0v) is 10.6. The van der Waals surface area contributed by atoms with Gasteiger partial charge in [0.15, 0.2) is 11.4 Å². The van der Waals surface area contributed by atoms with Crippen LogP contribution >= 0.6 is 0 Å². The second kappa shape index (κ2) is 5.25. The van der Waals surface area contributed by atoms with E-state index < -0.39 is 0 Å². The van der Waals surface area contributed by atoms with E-state index in [0.29, 0.717) is 11.4 Å². The Morgan fingerprint density at radius 1 is 1.22 bits per heavy atom. The van der Waals surface area contributed by atoms with Crippen LogP contribution in [0, 0.1) is 24.0 Å². The van der Waals surface area contributed by atoms with E-state index in [2.05, 4.69) is 5.18 Å². The number of benzene rings is 1. The Kier molecular flexibility index (Phi) is 3.69. The van der Waals surface area contributed by atoms with Crippen molar-refractivity contribution in [3.05, 3.63) is 63.0 Å². The molecule has 0 saturated heterocycles. The molecular weight excluding hydrogens is 228 g/mol. The highest BCUT2D eigenvalue weighted by Gasteiger charge is 2.19. The van der Waals surface area contributed by atoms with Gasteiger partial charge >= 0.3 is 0 Å². The van der Waals surface area contributed by atoms with Gasteiger partial charge in [-0.2, -0.15) is 0 Å². The molecule has 1 unspecified atom stereocenters. The number of hydrogen-bond acceptors (Lipinski definition) is 3. The minimum atomic E-state index is -0.109. The first-order valence-electron chi connectivity index (χ1n) is 5.99. The molecule has 4 nitrogen and oxygen atoms in total. The van der Waals surface area contributed by atoms with E-state index in [-0.39, 0.29) is 10.8 Å². The molecule has 1 atom stereocenters. The fourth-order valence-corrected chi connectivity index (χ4v) is 2.08. The predicted octanol–water partition coefficient (Wildman–Crippen LogP) is 2.65. The van der Waals surface area contributed by atoms with Gasteiger partial charge in [0.1, 0.15) is 5.69 Å². The minimum Gasteiger partial charge on any atom is -0.623 e. The maximum atomic E-state index is 12.4. The molecule has 4 heteroatoms. The number of aryl methyl sites for hydroxylation is 2. The Morgan fingerprint density at radius 2 is 1.94 bits per heavy atom. The number of nitroso groups, excluding NO2 is 1. The molecular formula is C14H16N2O2. The number of rotatable bonds is 3. The molecule has 0 aromatic heterocycles. The van der Waals surface area contributed by atoms with Gasteiger partial charge in [0.2, 0.25) is 0 Å². The molecule has 1 aromatic rings. The molecule has 0 fully saturated rings.